The van der Waals surface area contributed by atoms with Crippen molar-refractivity contribution < 1.29 is 14.3 Å². The van der Waals surface area contributed by atoms with E-state index in [-0.39, 0.29) is 12.0 Å². The molecule has 1 amide bonds. The molecule has 2 saturated heterocycles. The summed E-state index contributed by atoms with van der Waals surface area (Å²) in [5.74, 6) is 1.81. The molecule has 1 aromatic heterocycles. The van der Waals surface area contributed by atoms with Crippen LogP contribution < -0.4 is 19.9 Å². The van der Waals surface area contributed by atoms with Gasteiger partial charge in [-0.15, -0.1) is 0 Å². The number of methoxy groups -OCH3 is 1. The number of hydrogen-bond acceptors (Lipinski definition) is 6. The standard InChI is InChI=1S/C22H28N4O3/c1-28-19-8-3-2-7-18(19)25-11-13-26(14-12-25)21-17(6-4-10-23-21)16-24-22(27)20-9-5-15-29-20/h2-4,6-8,10,20H,5,9,11-16H2,1H3,(H,24,27)/t20-/m0/s1. The van der Waals surface area contributed by atoms with Crippen LogP contribution in [0, 0.1) is 0 Å². The Labute approximate surface area is 171 Å². The average molecular weight is 396 g/mol. The number of carbonyl (C=O) groups is 1. The summed E-state index contributed by atoms with van der Waals surface area (Å²) < 4.78 is 11.0. The maximum absolute atomic E-state index is 12.3. The Morgan fingerprint density at radius 2 is 1.97 bits per heavy atom. The second kappa shape index (κ2) is 9.13. The molecule has 7 nitrogen and oxygen atoms in total. The number of nitrogens with one attached hydrogen (secondary N) is 1. The fourth-order valence-corrected chi connectivity index (χ4v) is 3.98. The summed E-state index contributed by atoms with van der Waals surface area (Å²) in [5, 5.41) is 3.01. The number of amides is 1. The van der Waals surface area contributed by atoms with Crippen LogP contribution in [0.15, 0.2) is 42.6 Å². The van der Waals surface area contributed by atoms with Gasteiger partial charge in [0.25, 0.3) is 0 Å². The van der Waals surface area contributed by atoms with Crippen LogP contribution in [0.3, 0.4) is 0 Å². The largest absolute Gasteiger partial charge is 0.495 e. The van der Waals surface area contributed by atoms with E-state index in [1.807, 2.05) is 36.5 Å². The summed E-state index contributed by atoms with van der Waals surface area (Å²) in [5.41, 5.74) is 2.16. The van der Waals surface area contributed by atoms with Gasteiger partial charge in [-0.05, 0) is 31.0 Å². The minimum absolute atomic E-state index is 0.0294. The number of anilines is 2. The number of nitrogens with zero attached hydrogens (tertiary/aromatic N) is 3. The van der Waals surface area contributed by atoms with Gasteiger partial charge in [-0.3, -0.25) is 4.79 Å². The second-order valence-electron chi connectivity index (χ2n) is 7.35. The number of carbonyl (C=O) groups excluding carboxylic acids is 1. The number of para-hydroxylation sites is 2. The topological polar surface area (TPSA) is 66.9 Å². The van der Waals surface area contributed by atoms with Crippen molar-refractivity contribution in [2.24, 2.45) is 0 Å². The van der Waals surface area contributed by atoms with E-state index in [2.05, 4.69) is 26.2 Å². The summed E-state index contributed by atoms with van der Waals surface area (Å²) in [6, 6.07) is 12.1. The first kappa shape index (κ1) is 19.5. The van der Waals surface area contributed by atoms with E-state index in [4.69, 9.17) is 9.47 Å². The SMILES string of the molecule is COc1ccccc1N1CCN(c2ncccc2CNC(=O)[C@@H]2CCCO2)CC1. The van der Waals surface area contributed by atoms with Crippen LogP contribution in [-0.2, 0) is 16.1 Å². The van der Waals surface area contributed by atoms with Gasteiger partial charge in [0.1, 0.15) is 17.7 Å². The van der Waals surface area contributed by atoms with Crippen LogP contribution in [0.5, 0.6) is 5.75 Å². The lowest BCUT2D eigenvalue weighted by Crippen LogP contribution is -2.47. The molecule has 2 aliphatic rings. The molecule has 3 heterocycles. The molecule has 0 saturated carbocycles. The summed E-state index contributed by atoms with van der Waals surface area (Å²) in [6.07, 6.45) is 3.26. The van der Waals surface area contributed by atoms with Gasteiger partial charge < -0.3 is 24.6 Å². The Hall–Kier alpha value is -2.80. The first-order chi connectivity index (χ1) is 14.3. The zero-order valence-electron chi connectivity index (χ0n) is 16.8. The molecule has 1 atom stereocenters. The maximum atomic E-state index is 12.3. The van der Waals surface area contributed by atoms with E-state index >= 15 is 0 Å². The summed E-state index contributed by atoms with van der Waals surface area (Å²) in [6.45, 7) is 4.64. The van der Waals surface area contributed by atoms with Crippen LogP contribution in [0.1, 0.15) is 18.4 Å². The predicted molar refractivity (Wildman–Crippen MR) is 112 cm³/mol. The molecule has 29 heavy (non-hydrogen) atoms. The number of rotatable bonds is 6. The maximum Gasteiger partial charge on any atom is 0.249 e. The zero-order valence-corrected chi connectivity index (χ0v) is 16.8. The van der Waals surface area contributed by atoms with Gasteiger partial charge >= 0.3 is 0 Å². The Balaban J connectivity index is 1.39. The molecule has 7 heteroatoms. The number of aromatic nitrogens is 1. The Bertz CT molecular complexity index is 830. The highest BCUT2D eigenvalue weighted by atomic mass is 16.5. The molecule has 2 fully saturated rings. The predicted octanol–water partition coefficient (Wildman–Crippen LogP) is 2.21. The first-order valence-electron chi connectivity index (χ1n) is 10.2. The van der Waals surface area contributed by atoms with E-state index in [9.17, 15) is 4.79 Å². The average Bonchev–Trinajstić information content (AvgIpc) is 3.33. The molecule has 0 aliphatic carbocycles. The molecular formula is C22H28N4O3. The minimum Gasteiger partial charge on any atom is -0.495 e. The van der Waals surface area contributed by atoms with Crippen molar-refractivity contribution in [2.45, 2.75) is 25.5 Å². The highest BCUT2D eigenvalue weighted by Gasteiger charge is 2.25. The van der Waals surface area contributed by atoms with Crippen molar-refractivity contribution in [3.05, 3.63) is 48.2 Å². The van der Waals surface area contributed by atoms with Gasteiger partial charge in [0, 0.05) is 51.1 Å². The number of piperazine rings is 1. The monoisotopic (exact) mass is 396 g/mol. The molecule has 1 N–H and O–H groups in total. The van der Waals surface area contributed by atoms with Crippen molar-refractivity contribution >= 4 is 17.4 Å². The van der Waals surface area contributed by atoms with E-state index in [0.717, 1.165) is 61.8 Å². The van der Waals surface area contributed by atoms with Crippen LogP contribution in [0.25, 0.3) is 0 Å². The van der Waals surface area contributed by atoms with Crippen LogP contribution >= 0.6 is 0 Å². The summed E-state index contributed by atoms with van der Waals surface area (Å²) >= 11 is 0. The third-order valence-corrected chi connectivity index (χ3v) is 5.55. The fraction of sp³-hybridized carbons (Fsp3) is 0.455. The molecule has 1 aromatic carbocycles. The molecule has 154 valence electrons. The van der Waals surface area contributed by atoms with Gasteiger partial charge in [-0.2, -0.15) is 0 Å². The number of benzene rings is 1. The summed E-state index contributed by atoms with van der Waals surface area (Å²) in [7, 11) is 1.71. The third-order valence-electron chi connectivity index (χ3n) is 5.55. The van der Waals surface area contributed by atoms with Gasteiger partial charge in [-0.25, -0.2) is 4.98 Å². The Morgan fingerprint density at radius 3 is 2.72 bits per heavy atom. The van der Waals surface area contributed by atoms with Gasteiger partial charge in [0.2, 0.25) is 5.91 Å². The lowest BCUT2D eigenvalue weighted by atomic mass is 10.2. The van der Waals surface area contributed by atoms with Crippen molar-refractivity contribution in [1.82, 2.24) is 10.3 Å². The van der Waals surface area contributed by atoms with E-state index in [1.54, 1.807) is 7.11 Å². The number of hydrogen-bond donors (Lipinski definition) is 1. The van der Waals surface area contributed by atoms with E-state index in [1.165, 1.54) is 0 Å². The van der Waals surface area contributed by atoms with Gasteiger partial charge in [-0.1, -0.05) is 18.2 Å². The Kier molecular flexibility index (Phi) is 6.14. The molecule has 0 spiro atoms. The zero-order chi connectivity index (χ0) is 20.1. The number of pyridine rings is 1. The quantitative estimate of drug-likeness (QED) is 0.808. The lowest BCUT2D eigenvalue weighted by molar-refractivity contribution is -0.130. The molecule has 0 radical (unpaired) electrons. The molecular weight excluding hydrogens is 368 g/mol. The van der Waals surface area contributed by atoms with Crippen LogP contribution in [-0.4, -0.2) is 56.9 Å². The van der Waals surface area contributed by atoms with Crippen LogP contribution in [0.4, 0.5) is 11.5 Å². The normalized spacial score (nSPS) is 19.3. The van der Waals surface area contributed by atoms with Gasteiger partial charge in [0.05, 0.1) is 12.8 Å². The number of ether oxygens (including phenoxy) is 2. The first-order valence-corrected chi connectivity index (χ1v) is 10.2. The molecule has 4 rings (SSSR count). The van der Waals surface area contributed by atoms with E-state index in [0.29, 0.717) is 13.2 Å². The van der Waals surface area contributed by atoms with E-state index < -0.39 is 0 Å². The highest BCUT2D eigenvalue weighted by molar-refractivity contribution is 5.81. The molecule has 0 bridgehead atoms. The molecule has 0 unspecified atom stereocenters. The van der Waals surface area contributed by atoms with Crippen LogP contribution in [0.2, 0.25) is 0 Å². The Morgan fingerprint density at radius 1 is 1.17 bits per heavy atom. The third kappa shape index (κ3) is 4.45. The highest BCUT2D eigenvalue weighted by Crippen LogP contribution is 2.29. The van der Waals surface area contributed by atoms with Crippen molar-refractivity contribution in [3.8, 4) is 5.75 Å². The lowest BCUT2D eigenvalue weighted by Gasteiger charge is -2.37. The molecule has 2 aliphatic heterocycles. The molecule has 2 aromatic rings. The smallest absolute Gasteiger partial charge is 0.249 e. The van der Waals surface area contributed by atoms with Crippen molar-refractivity contribution in [1.29, 1.82) is 0 Å². The summed E-state index contributed by atoms with van der Waals surface area (Å²) in [4.78, 5) is 21.5. The second-order valence-corrected chi connectivity index (χ2v) is 7.35. The van der Waals surface area contributed by atoms with Crippen molar-refractivity contribution in [3.63, 3.8) is 0 Å². The van der Waals surface area contributed by atoms with Crippen molar-refractivity contribution in [2.75, 3.05) is 49.7 Å². The fourth-order valence-electron chi connectivity index (χ4n) is 3.98. The minimum atomic E-state index is -0.306. The van der Waals surface area contributed by atoms with Gasteiger partial charge in [0.15, 0.2) is 0 Å².